The Morgan fingerprint density at radius 1 is 1.29 bits per heavy atom. The zero-order valence-electron chi connectivity index (χ0n) is 10.6. The third-order valence-electron chi connectivity index (χ3n) is 2.45. The van der Waals surface area contributed by atoms with E-state index in [1.165, 1.54) is 12.1 Å². The monoisotopic (exact) mass is 318 g/mol. The molecule has 0 aliphatic rings. The Labute approximate surface area is 123 Å². The van der Waals surface area contributed by atoms with Crippen LogP contribution in [0, 0.1) is 5.82 Å². The van der Waals surface area contributed by atoms with E-state index in [0.717, 1.165) is 6.07 Å². The highest BCUT2D eigenvalue weighted by atomic mass is 35.5. The van der Waals surface area contributed by atoms with Crippen LogP contribution in [0.2, 0.25) is 5.02 Å². The van der Waals surface area contributed by atoms with Crippen LogP contribution in [0.15, 0.2) is 18.2 Å². The van der Waals surface area contributed by atoms with Crippen LogP contribution in [-0.2, 0) is 9.59 Å². The van der Waals surface area contributed by atoms with Crippen LogP contribution in [0.5, 0.6) is 0 Å². The molecule has 0 saturated heterocycles. The van der Waals surface area contributed by atoms with Gasteiger partial charge in [-0.25, -0.2) is 14.0 Å². The molecule has 1 unspecified atom stereocenters. The van der Waals surface area contributed by atoms with E-state index >= 15 is 0 Å². The standard InChI is InChI=1S/C12H12ClFN2O5/c13-6-2-1-3-7(14)10(6)16-12(21)15-8(11(19)20)4-5-9(17)18/h1-3,8H,4-5H2,(H,17,18)(H,19,20)(H2,15,16,21). The van der Waals surface area contributed by atoms with Gasteiger partial charge in [-0.1, -0.05) is 17.7 Å². The lowest BCUT2D eigenvalue weighted by atomic mass is 10.1. The first kappa shape index (κ1) is 16.7. The van der Waals surface area contributed by atoms with E-state index in [0.29, 0.717) is 0 Å². The number of carbonyl (C=O) groups is 3. The predicted octanol–water partition coefficient (Wildman–Crippen LogP) is 1.92. The van der Waals surface area contributed by atoms with E-state index in [2.05, 4.69) is 5.32 Å². The summed E-state index contributed by atoms with van der Waals surface area (Å²) in [4.78, 5) is 32.9. The molecule has 7 nitrogen and oxygen atoms in total. The fourth-order valence-corrected chi connectivity index (χ4v) is 1.66. The van der Waals surface area contributed by atoms with E-state index in [4.69, 9.17) is 21.8 Å². The molecule has 1 rings (SSSR count). The zero-order chi connectivity index (χ0) is 16.0. The van der Waals surface area contributed by atoms with Gasteiger partial charge in [-0.2, -0.15) is 0 Å². The molecule has 4 N–H and O–H groups in total. The van der Waals surface area contributed by atoms with Crippen LogP contribution in [0.4, 0.5) is 14.9 Å². The fourth-order valence-electron chi connectivity index (χ4n) is 1.45. The molecule has 1 atom stereocenters. The molecule has 2 amide bonds. The van der Waals surface area contributed by atoms with Crippen molar-refractivity contribution >= 4 is 35.3 Å². The lowest BCUT2D eigenvalue weighted by Crippen LogP contribution is -2.43. The normalized spacial score (nSPS) is 11.5. The van der Waals surface area contributed by atoms with Crippen molar-refractivity contribution in [3.05, 3.63) is 29.0 Å². The summed E-state index contributed by atoms with van der Waals surface area (Å²) >= 11 is 5.70. The Morgan fingerprint density at radius 3 is 2.48 bits per heavy atom. The molecule has 0 heterocycles. The number of carbonyl (C=O) groups excluding carboxylic acids is 1. The molecule has 0 bridgehead atoms. The molecule has 0 aliphatic carbocycles. The maximum atomic E-state index is 13.4. The Hall–Kier alpha value is -2.35. The number of aliphatic carboxylic acids is 2. The van der Waals surface area contributed by atoms with Gasteiger partial charge in [0, 0.05) is 6.42 Å². The third kappa shape index (κ3) is 5.27. The predicted molar refractivity (Wildman–Crippen MR) is 71.9 cm³/mol. The van der Waals surface area contributed by atoms with E-state index in [9.17, 15) is 18.8 Å². The van der Waals surface area contributed by atoms with Gasteiger partial charge in [0.25, 0.3) is 0 Å². The molecular weight excluding hydrogens is 307 g/mol. The smallest absolute Gasteiger partial charge is 0.326 e. The highest BCUT2D eigenvalue weighted by molar-refractivity contribution is 6.33. The summed E-state index contributed by atoms with van der Waals surface area (Å²) in [5, 5.41) is 21.4. The summed E-state index contributed by atoms with van der Waals surface area (Å²) in [5.41, 5.74) is -0.293. The van der Waals surface area contributed by atoms with Crippen molar-refractivity contribution < 1.29 is 29.0 Å². The number of para-hydroxylation sites is 1. The van der Waals surface area contributed by atoms with E-state index < -0.39 is 36.2 Å². The molecule has 0 spiro atoms. The average molecular weight is 319 g/mol. The summed E-state index contributed by atoms with van der Waals surface area (Å²) in [6.07, 6.45) is -0.735. The Balaban J connectivity index is 2.70. The van der Waals surface area contributed by atoms with Gasteiger partial charge in [0.1, 0.15) is 11.9 Å². The Morgan fingerprint density at radius 2 is 1.95 bits per heavy atom. The number of urea groups is 1. The maximum Gasteiger partial charge on any atom is 0.326 e. The van der Waals surface area contributed by atoms with Crippen molar-refractivity contribution in [1.82, 2.24) is 5.32 Å². The molecule has 0 radical (unpaired) electrons. The second-order valence-electron chi connectivity index (χ2n) is 4.02. The van der Waals surface area contributed by atoms with Crippen LogP contribution < -0.4 is 10.6 Å². The number of hydrogen-bond acceptors (Lipinski definition) is 3. The van der Waals surface area contributed by atoms with Crippen LogP contribution in [0.1, 0.15) is 12.8 Å². The molecule has 21 heavy (non-hydrogen) atoms. The number of halogens is 2. The number of hydrogen-bond donors (Lipinski definition) is 4. The van der Waals surface area contributed by atoms with Gasteiger partial charge < -0.3 is 20.8 Å². The van der Waals surface area contributed by atoms with Gasteiger partial charge >= 0.3 is 18.0 Å². The van der Waals surface area contributed by atoms with Crippen LogP contribution in [0.3, 0.4) is 0 Å². The largest absolute Gasteiger partial charge is 0.481 e. The van der Waals surface area contributed by atoms with Crippen molar-refractivity contribution in [3.8, 4) is 0 Å². The van der Waals surface area contributed by atoms with Gasteiger partial charge in [-0.15, -0.1) is 0 Å². The van der Waals surface area contributed by atoms with Gasteiger partial charge in [0.2, 0.25) is 0 Å². The van der Waals surface area contributed by atoms with E-state index in [-0.39, 0.29) is 17.1 Å². The van der Waals surface area contributed by atoms with Gasteiger partial charge in [-0.05, 0) is 18.6 Å². The Kier molecular flexibility index (Phi) is 5.92. The van der Waals surface area contributed by atoms with Crippen molar-refractivity contribution in [3.63, 3.8) is 0 Å². The molecule has 0 aromatic heterocycles. The molecule has 0 saturated carbocycles. The van der Waals surface area contributed by atoms with Crippen LogP contribution in [-0.4, -0.2) is 34.2 Å². The lowest BCUT2D eigenvalue weighted by molar-refractivity contribution is -0.140. The summed E-state index contributed by atoms with van der Waals surface area (Å²) in [5.74, 6) is -3.37. The number of benzene rings is 1. The van der Waals surface area contributed by atoms with Crippen molar-refractivity contribution in [2.75, 3.05) is 5.32 Å². The van der Waals surface area contributed by atoms with Crippen molar-refractivity contribution in [1.29, 1.82) is 0 Å². The third-order valence-corrected chi connectivity index (χ3v) is 2.77. The second kappa shape index (κ2) is 7.44. The first-order valence-corrected chi connectivity index (χ1v) is 6.15. The number of nitrogens with one attached hydrogen (secondary N) is 2. The molecule has 9 heteroatoms. The number of rotatable bonds is 6. The summed E-state index contributed by atoms with van der Waals surface area (Å²) < 4.78 is 13.4. The van der Waals surface area contributed by atoms with Crippen LogP contribution in [0.25, 0.3) is 0 Å². The number of carboxylic acids is 2. The first-order valence-electron chi connectivity index (χ1n) is 5.77. The van der Waals surface area contributed by atoms with Gasteiger partial charge in [-0.3, -0.25) is 4.79 Å². The number of anilines is 1. The summed E-state index contributed by atoms with van der Waals surface area (Å²) in [6.45, 7) is 0. The molecule has 0 fully saturated rings. The summed E-state index contributed by atoms with van der Waals surface area (Å²) in [7, 11) is 0. The van der Waals surface area contributed by atoms with Crippen molar-refractivity contribution in [2.24, 2.45) is 0 Å². The topological polar surface area (TPSA) is 116 Å². The SMILES string of the molecule is O=C(O)CCC(NC(=O)Nc1c(F)cccc1Cl)C(=O)O. The average Bonchev–Trinajstić information content (AvgIpc) is 2.38. The molecular formula is C12H12ClFN2O5. The van der Waals surface area contributed by atoms with E-state index in [1.807, 2.05) is 5.32 Å². The fraction of sp³-hybridized carbons (Fsp3) is 0.250. The van der Waals surface area contributed by atoms with Gasteiger partial charge in [0.05, 0.1) is 10.7 Å². The molecule has 1 aromatic rings. The zero-order valence-corrected chi connectivity index (χ0v) is 11.4. The Bertz CT molecular complexity index is 546. The minimum atomic E-state index is -1.41. The number of carboxylic acid groups (broad SMARTS) is 2. The molecule has 1 aromatic carbocycles. The number of amides is 2. The van der Waals surface area contributed by atoms with Crippen LogP contribution >= 0.6 is 11.6 Å². The minimum Gasteiger partial charge on any atom is -0.481 e. The highest BCUT2D eigenvalue weighted by Gasteiger charge is 2.21. The van der Waals surface area contributed by atoms with Gasteiger partial charge in [0.15, 0.2) is 0 Å². The molecule has 0 aliphatic heterocycles. The first-order chi connectivity index (χ1) is 9.81. The maximum absolute atomic E-state index is 13.4. The van der Waals surface area contributed by atoms with E-state index in [1.54, 1.807) is 0 Å². The highest BCUT2D eigenvalue weighted by Crippen LogP contribution is 2.24. The quantitative estimate of drug-likeness (QED) is 0.639. The minimum absolute atomic E-state index is 0.0532. The second-order valence-corrected chi connectivity index (χ2v) is 4.43. The summed E-state index contributed by atoms with van der Waals surface area (Å²) in [6, 6.07) is 1.35. The molecule has 114 valence electrons. The van der Waals surface area contributed by atoms with Crippen molar-refractivity contribution in [2.45, 2.75) is 18.9 Å². The lowest BCUT2D eigenvalue weighted by Gasteiger charge is -2.15.